The summed E-state index contributed by atoms with van der Waals surface area (Å²) in [5.74, 6) is -3.28. The third kappa shape index (κ3) is 6.31. The molecular formula is C25H29Cl2F3N4O4. The molecule has 2 aromatic rings. The first-order valence-electron chi connectivity index (χ1n) is 12.0. The third-order valence-electron chi connectivity index (χ3n) is 7.11. The Labute approximate surface area is 228 Å². The minimum Gasteiger partial charge on any atom is -0.481 e. The molecule has 8 nitrogen and oxygen atoms in total. The van der Waals surface area contributed by atoms with Gasteiger partial charge in [0.2, 0.25) is 0 Å². The van der Waals surface area contributed by atoms with Gasteiger partial charge in [-0.25, -0.2) is 0 Å². The van der Waals surface area contributed by atoms with Crippen LogP contribution in [0.25, 0.3) is 0 Å². The monoisotopic (exact) mass is 576 g/mol. The molecule has 208 valence electrons. The molecule has 1 fully saturated rings. The summed E-state index contributed by atoms with van der Waals surface area (Å²) in [6.45, 7) is 6.45. The smallest absolute Gasteiger partial charge is 0.433 e. The van der Waals surface area contributed by atoms with Crippen molar-refractivity contribution in [2.24, 2.45) is 11.3 Å². The lowest BCUT2D eigenvalue weighted by molar-refractivity contribution is -0.147. The number of alkyl halides is 3. The van der Waals surface area contributed by atoms with Crippen LogP contribution in [0.1, 0.15) is 85.8 Å². The maximum atomic E-state index is 14.4. The predicted molar refractivity (Wildman–Crippen MR) is 134 cm³/mol. The molecular weight excluding hydrogens is 548 g/mol. The highest BCUT2D eigenvalue weighted by molar-refractivity contribution is 6.39. The fraction of sp³-hybridized carbons (Fsp3) is 0.560. The normalized spacial score (nSPS) is 19.2. The zero-order valence-corrected chi connectivity index (χ0v) is 22.9. The molecule has 0 spiro atoms. The van der Waals surface area contributed by atoms with E-state index < -0.39 is 65.1 Å². The van der Waals surface area contributed by atoms with E-state index in [4.69, 9.17) is 23.2 Å². The summed E-state index contributed by atoms with van der Waals surface area (Å²) in [5.41, 5.74) is -2.59. The Bertz CT molecular complexity index is 1200. The van der Waals surface area contributed by atoms with Gasteiger partial charge in [0.15, 0.2) is 11.5 Å². The maximum absolute atomic E-state index is 14.4. The van der Waals surface area contributed by atoms with Crippen molar-refractivity contribution in [3.05, 3.63) is 45.5 Å². The number of ketones is 1. The van der Waals surface area contributed by atoms with Crippen molar-refractivity contribution in [3.8, 4) is 0 Å². The molecule has 38 heavy (non-hydrogen) atoms. The van der Waals surface area contributed by atoms with E-state index in [1.54, 1.807) is 27.7 Å². The van der Waals surface area contributed by atoms with Crippen LogP contribution in [0.4, 0.5) is 13.2 Å². The summed E-state index contributed by atoms with van der Waals surface area (Å²) in [5, 5.41) is 13.1. The second kappa shape index (κ2) is 11.2. The fourth-order valence-electron chi connectivity index (χ4n) is 4.56. The first-order valence-corrected chi connectivity index (χ1v) is 12.8. The van der Waals surface area contributed by atoms with Crippen molar-refractivity contribution >= 4 is 40.9 Å². The number of carbonyl (C=O) groups excluding carboxylic acids is 2. The molecule has 1 aliphatic carbocycles. The molecule has 0 aromatic carbocycles. The molecule has 1 N–H and O–H groups in total. The number of carbonyl (C=O) groups is 3. The van der Waals surface area contributed by atoms with Gasteiger partial charge in [0.25, 0.3) is 5.91 Å². The van der Waals surface area contributed by atoms with Gasteiger partial charge in [-0.1, -0.05) is 44.0 Å². The zero-order valence-electron chi connectivity index (χ0n) is 21.4. The molecule has 1 amide bonds. The molecule has 3 rings (SSSR count). The summed E-state index contributed by atoms with van der Waals surface area (Å²) < 4.78 is 43.9. The van der Waals surface area contributed by atoms with E-state index in [0.717, 1.165) is 15.8 Å². The third-order valence-corrected chi connectivity index (χ3v) is 7.69. The van der Waals surface area contributed by atoms with Gasteiger partial charge in [-0.15, -0.1) is 0 Å². The number of nitrogens with zero attached hydrogens (tertiary/aromatic N) is 4. The van der Waals surface area contributed by atoms with Gasteiger partial charge in [-0.2, -0.15) is 18.3 Å². The Hall–Kier alpha value is -2.66. The zero-order chi connectivity index (χ0) is 28.6. The number of aromatic nitrogens is 3. The molecule has 0 unspecified atom stereocenters. The average molecular weight is 577 g/mol. The van der Waals surface area contributed by atoms with E-state index in [9.17, 15) is 32.7 Å². The highest BCUT2D eigenvalue weighted by Gasteiger charge is 2.44. The molecule has 1 saturated carbocycles. The van der Waals surface area contributed by atoms with Crippen LogP contribution in [0.5, 0.6) is 0 Å². The topological polar surface area (TPSA) is 105 Å². The Morgan fingerprint density at radius 1 is 1.08 bits per heavy atom. The van der Waals surface area contributed by atoms with E-state index in [2.05, 4.69) is 10.1 Å². The predicted octanol–water partition coefficient (Wildman–Crippen LogP) is 6.18. The summed E-state index contributed by atoms with van der Waals surface area (Å²) in [6.07, 6.45) is -0.873. The second-order valence-corrected chi connectivity index (χ2v) is 11.4. The number of aliphatic carboxylic acids is 1. The SMILES string of the molecule is C[C@H](N(CC(=O)c1c(Cl)cncc1Cl)C(=O)c1cnn([C@H]2CC[C@H](C(=O)O)CC2)c1C(F)(F)F)C(C)(C)C. The van der Waals surface area contributed by atoms with E-state index in [-0.39, 0.29) is 41.3 Å². The van der Waals surface area contributed by atoms with Crippen LogP contribution in [-0.4, -0.2) is 55.0 Å². The van der Waals surface area contributed by atoms with E-state index in [0.29, 0.717) is 0 Å². The van der Waals surface area contributed by atoms with Crippen molar-refractivity contribution in [2.45, 2.75) is 71.6 Å². The molecule has 1 aliphatic rings. The molecule has 2 heterocycles. The van der Waals surface area contributed by atoms with Crippen LogP contribution < -0.4 is 0 Å². The summed E-state index contributed by atoms with van der Waals surface area (Å²) in [6, 6.07) is -1.39. The number of Topliss-reactive ketones (excluding diaryl/α,β-unsaturated/α-hetero) is 1. The number of carboxylic acid groups (broad SMARTS) is 1. The van der Waals surface area contributed by atoms with Gasteiger partial charge in [-0.05, 0) is 38.0 Å². The molecule has 0 aliphatic heterocycles. The second-order valence-electron chi connectivity index (χ2n) is 10.6. The molecule has 1 atom stereocenters. The number of pyridine rings is 1. The van der Waals surface area contributed by atoms with E-state index >= 15 is 0 Å². The van der Waals surface area contributed by atoms with Crippen LogP contribution in [0.3, 0.4) is 0 Å². The first kappa shape index (κ1) is 29.9. The van der Waals surface area contributed by atoms with E-state index in [1.807, 2.05) is 0 Å². The van der Waals surface area contributed by atoms with Crippen LogP contribution in [0, 0.1) is 11.3 Å². The Morgan fingerprint density at radius 2 is 1.63 bits per heavy atom. The van der Waals surface area contributed by atoms with E-state index in [1.165, 1.54) is 12.4 Å². The largest absolute Gasteiger partial charge is 0.481 e. The van der Waals surface area contributed by atoms with Crippen LogP contribution in [0.15, 0.2) is 18.6 Å². The lowest BCUT2D eigenvalue weighted by atomic mass is 9.86. The van der Waals surface area contributed by atoms with Gasteiger partial charge in [0.1, 0.15) is 0 Å². The Balaban J connectivity index is 2.02. The number of carboxylic acids is 1. The number of rotatable bonds is 7. The quantitative estimate of drug-likeness (QED) is 0.394. The molecule has 0 bridgehead atoms. The molecule has 13 heteroatoms. The van der Waals surface area contributed by atoms with Crippen LogP contribution >= 0.6 is 23.2 Å². The fourth-order valence-corrected chi connectivity index (χ4v) is 5.14. The van der Waals surface area contributed by atoms with Crippen LogP contribution in [-0.2, 0) is 11.0 Å². The van der Waals surface area contributed by atoms with Crippen LogP contribution in [0.2, 0.25) is 10.0 Å². The Kier molecular flexibility index (Phi) is 8.82. The Morgan fingerprint density at radius 3 is 2.11 bits per heavy atom. The number of amides is 1. The lowest BCUT2D eigenvalue weighted by Gasteiger charge is -2.37. The van der Waals surface area contributed by atoms with Gasteiger partial charge in [-0.3, -0.25) is 24.0 Å². The van der Waals surface area contributed by atoms with Crippen molar-refractivity contribution in [3.63, 3.8) is 0 Å². The average Bonchev–Trinajstić information content (AvgIpc) is 3.27. The summed E-state index contributed by atoms with van der Waals surface area (Å²) >= 11 is 12.2. The maximum Gasteiger partial charge on any atom is 0.433 e. The summed E-state index contributed by atoms with van der Waals surface area (Å²) in [7, 11) is 0. The minimum atomic E-state index is -4.93. The van der Waals surface area contributed by atoms with Gasteiger partial charge in [0.05, 0.1) is 45.9 Å². The van der Waals surface area contributed by atoms with Crippen molar-refractivity contribution in [2.75, 3.05) is 6.54 Å². The first-order chi connectivity index (χ1) is 17.5. The lowest BCUT2D eigenvalue weighted by Crippen LogP contribution is -2.48. The molecule has 2 aromatic heterocycles. The minimum absolute atomic E-state index is 0.0425. The number of hydrogen-bond acceptors (Lipinski definition) is 5. The highest BCUT2D eigenvalue weighted by atomic mass is 35.5. The van der Waals surface area contributed by atoms with Crippen molar-refractivity contribution in [1.82, 2.24) is 19.7 Å². The molecule has 0 radical (unpaired) electrons. The van der Waals surface area contributed by atoms with Crippen molar-refractivity contribution in [1.29, 1.82) is 0 Å². The molecule has 0 saturated heterocycles. The van der Waals surface area contributed by atoms with Gasteiger partial charge >= 0.3 is 12.1 Å². The highest BCUT2D eigenvalue weighted by Crippen LogP contribution is 2.40. The number of hydrogen-bond donors (Lipinski definition) is 1. The standard InChI is InChI=1S/C25H29Cl2F3N4O4/c1-13(24(2,3)4)33(12-19(35)20-17(26)10-31-11-18(20)27)22(36)16-9-32-34(21(16)25(28,29)30)15-7-5-14(6-8-15)23(37)38/h9-11,13-15H,5-8,12H2,1-4H3,(H,37,38)/t13-,14-,15-/m0/s1. The van der Waals surface area contributed by atoms with Crippen molar-refractivity contribution < 1.29 is 32.7 Å². The van der Waals surface area contributed by atoms with Gasteiger partial charge in [0, 0.05) is 18.4 Å². The van der Waals surface area contributed by atoms with Gasteiger partial charge < -0.3 is 10.0 Å². The summed E-state index contributed by atoms with van der Waals surface area (Å²) in [4.78, 5) is 43.1. The number of halogens is 5.